The Morgan fingerprint density at radius 1 is 0.960 bits per heavy atom. The van der Waals surface area contributed by atoms with Crippen molar-refractivity contribution in [1.82, 2.24) is 0 Å². The Bertz CT molecular complexity index is 971. The van der Waals surface area contributed by atoms with Gasteiger partial charge in [-0.25, -0.2) is 12.8 Å². The Labute approximate surface area is 142 Å². The van der Waals surface area contributed by atoms with Crippen molar-refractivity contribution in [2.45, 2.75) is 4.90 Å². The van der Waals surface area contributed by atoms with Crippen LogP contribution < -0.4 is 9.50 Å². The fourth-order valence-corrected chi connectivity index (χ4v) is 3.28. The lowest BCUT2D eigenvalue weighted by atomic mass is 10.3. The third-order valence-corrected chi connectivity index (χ3v) is 4.85. The number of sulfone groups is 1. The molecule has 134 valence electrons. The second-order valence-corrected chi connectivity index (χ2v) is 7.70. The first-order valence-electron chi connectivity index (χ1n) is 6.57. The van der Waals surface area contributed by atoms with Crippen LogP contribution in [0.4, 0.5) is 14.0 Å². The molecule has 0 saturated heterocycles. The molecule has 0 saturated carbocycles. The molecule has 1 N–H and O–H groups in total. The minimum absolute atomic E-state index is 0.142. The van der Waals surface area contributed by atoms with Crippen LogP contribution in [0.5, 0.6) is 5.75 Å². The first-order chi connectivity index (χ1) is 11.5. The van der Waals surface area contributed by atoms with Gasteiger partial charge in [-0.3, -0.25) is 4.79 Å². The molecule has 0 unspecified atom stereocenters. The van der Waals surface area contributed by atoms with E-state index in [0.29, 0.717) is 0 Å². The Morgan fingerprint density at radius 2 is 1.52 bits per heavy atom. The van der Waals surface area contributed by atoms with Gasteiger partial charge in [0.1, 0.15) is 17.3 Å². The van der Waals surface area contributed by atoms with E-state index in [1.54, 1.807) is 0 Å². The van der Waals surface area contributed by atoms with Gasteiger partial charge in [-0.05, 0) is 48.5 Å². The van der Waals surface area contributed by atoms with Crippen LogP contribution in [0.3, 0.4) is 0 Å². The molecule has 0 aliphatic rings. The average Bonchev–Trinajstić information content (AvgIpc) is 2.47. The predicted molar refractivity (Wildman–Crippen MR) is 84.2 cm³/mol. The van der Waals surface area contributed by atoms with E-state index in [1.807, 2.05) is 0 Å². The van der Waals surface area contributed by atoms with Crippen molar-refractivity contribution in [1.29, 1.82) is 0 Å². The topological polar surface area (TPSA) is 107 Å². The van der Waals surface area contributed by atoms with Gasteiger partial charge < -0.3 is 9.50 Å². The highest BCUT2D eigenvalue weighted by atomic mass is 32.3. The van der Waals surface area contributed by atoms with Crippen LogP contribution in [0.1, 0.15) is 0 Å². The second-order valence-electron chi connectivity index (χ2n) is 4.76. The van der Waals surface area contributed by atoms with E-state index in [4.69, 9.17) is 0 Å². The van der Waals surface area contributed by atoms with Crippen molar-refractivity contribution in [2.75, 3.05) is 11.1 Å². The summed E-state index contributed by atoms with van der Waals surface area (Å²) in [6.45, 7) is 0. The van der Waals surface area contributed by atoms with Crippen molar-refractivity contribution in [3.8, 4) is 5.75 Å². The zero-order valence-electron chi connectivity index (χ0n) is 12.3. The third kappa shape index (κ3) is 5.80. The molecule has 0 aliphatic carbocycles. The van der Waals surface area contributed by atoms with Crippen molar-refractivity contribution < 1.29 is 34.1 Å². The summed E-state index contributed by atoms with van der Waals surface area (Å²) in [6, 6.07) is 8.54. The fourth-order valence-electron chi connectivity index (χ4n) is 1.80. The maximum absolute atomic E-state index is 12.8. The number of anilines is 1. The quantitative estimate of drug-likeness (QED) is 0.595. The predicted octanol–water partition coefficient (Wildman–Crippen LogP) is 1.83. The molecule has 7 nitrogen and oxygen atoms in total. The van der Waals surface area contributed by atoms with Crippen molar-refractivity contribution >= 4 is 31.9 Å². The molecule has 0 spiro atoms. The van der Waals surface area contributed by atoms with Gasteiger partial charge in [0.25, 0.3) is 0 Å². The lowest BCUT2D eigenvalue weighted by Crippen LogP contribution is -2.23. The van der Waals surface area contributed by atoms with Crippen LogP contribution in [-0.4, -0.2) is 28.5 Å². The highest BCUT2D eigenvalue weighted by molar-refractivity contribution is 7.92. The van der Waals surface area contributed by atoms with Crippen LogP contribution in [0.2, 0.25) is 0 Å². The molecule has 1 amide bonds. The highest BCUT2D eigenvalue weighted by Crippen LogP contribution is 2.18. The summed E-state index contributed by atoms with van der Waals surface area (Å²) in [5.41, 5.74) is 0.142. The van der Waals surface area contributed by atoms with Gasteiger partial charge in [0.05, 0.1) is 4.90 Å². The van der Waals surface area contributed by atoms with Gasteiger partial charge in [0, 0.05) is 5.69 Å². The van der Waals surface area contributed by atoms with Crippen LogP contribution in [0.25, 0.3) is 0 Å². The van der Waals surface area contributed by atoms with E-state index < -0.39 is 37.8 Å². The standard InChI is InChI=1S/C14H11F2NO6S2/c15-10-1-7-13(8-2-10)24(19,20)9-14(18)17-11-3-5-12(6-4-11)23-25(16,21)22/h1-8H,9H2,(H,17,18). The average molecular weight is 391 g/mol. The van der Waals surface area contributed by atoms with Crippen LogP contribution in [0.15, 0.2) is 53.4 Å². The fraction of sp³-hybridized carbons (Fsp3) is 0.0714. The number of rotatable bonds is 6. The normalized spacial score (nSPS) is 11.8. The molecule has 11 heteroatoms. The van der Waals surface area contributed by atoms with E-state index in [0.717, 1.165) is 36.4 Å². The van der Waals surface area contributed by atoms with Gasteiger partial charge >= 0.3 is 10.5 Å². The number of nitrogens with one attached hydrogen (secondary N) is 1. The maximum atomic E-state index is 12.8. The molecule has 2 aromatic carbocycles. The van der Waals surface area contributed by atoms with E-state index >= 15 is 0 Å². The minimum atomic E-state index is -5.16. The Kier molecular flexibility index (Phi) is 5.38. The monoisotopic (exact) mass is 391 g/mol. The van der Waals surface area contributed by atoms with Crippen LogP contribution in [-0.2, 0) is 25.1 Å². The molecule has 0 heterocycles. The largest absolute Gasteiger partial charge is 0.488 e. The summed E-state index contributed by atoms with van der Waals surface area (Å²) in [6.07, 6.45) is 0. The van der Waals surface area contributed by atoms with E-state index in [-0.39, 0.29) is 16.3 Å². The van der Waals surface area contributed by atoms with Gasteiger partial charge in [0.2, 0.25) is 5.91 Å². The zero-order chi connectivity index (χ0) is 18.7. The summed E-state index contributed by atoms with van der Waals surface area (Å²) in [5, 5.41) is 2.28. The molecule has 0 radical (unpaired) electrons. The van der Waals surface area contributed by atoms with E-state index in [2.05, 4.69) is 9.50 Å². The molecule has 25 heavy (non-hydrogen) atoms. The summed E-state index contributed by atoms with van der Waals surface area (Å²) >= 11 is 0. The number of halogens is 2. The lowest BCUT2D eigenvalue weighted by Gasteiger charge is -2.07. The van der Waals surface area contributed by atoms with Gasteiger partial charge in [-0.15, -0.1) is 0 Å². The van der Waals surface area contributed by atoms with Crippen molar-refractivity contribution in [3.05, 3.63) is 54.3 Å². The molecule has 0 aromatic heterocycles. The van der Waals surface area contributed by atoms with E-state index in [9.17, 15) is 29.9 Å². The Morgan fingerprint density at radius 3 is 2.04 bits per heavy atom. The zero-order valence-corrected chi connectivity index (χ0v) is 14.0. The summed E-state index contributed by atoms with van der Waals surface area (Å²) in [4.78, 5) is 11.6. The molecule has 2 aromatic rings. The number of carbonyl (C=O) groups excluding carboxylic acids is 1. The number of hydrogen-bond acceptors (Lipinski definition) is 6. The first-order valence-corrected chi connectivity index (χ1v) is 9.53. The number of carbonyl (C=O) groups is 1. The summed E-state index contributed by atoms with van der Waals surface area (Å²) in [5.74, 6) is -2.67. The first kappa shape index (κ1) is 18.8. The lowest BCUT2D eigenvalue weighted by molar-refractivity contribution is -0.113. The second kappa shape index (κ2) is 7.15. The van der Waals surface area contributed by atoms with Crippen LogP contribution in [0, 0.1) is 5.82 Å². The molecule has 0 aliphatic heterocycles. The Balaban J connectivity index is 2.03. The minimum Gasteiger partial charge on any atom is -0.358 e. The smallest absolute Gasteiger partial charge is 0.358 e. The van der Waals surface area contributed by atoms with E-state index in [1.165, 1.54) is 12.1 Å². The molecule has 0 atom stereocenters. The number of benzene rings is 2. The van der Waals surface area contributed by atoms with Gasteiger partial charge in [-0.2, -0.15) is 8.42 Å². The number of hydrogen-bond donors (Lipinski definition) is 1. The molecule has 0 fully saturated rings. The molecule has 0 bridgehead atoms. The van der Waals surface area contributed by atoms with Crippen LogP contribution >= 0.6 is 0 Å². The Hall–Kier alpha value is -2.53. The SMILES string of the molecule is O=C(CS(=O)(=O)c1ccc(F)cc1)Nc1ccc(OS(=O)(=O)F)cc1. The molecule has 2 rings (SSSR count). The van der Waals surface area contributed by atoms with Gasteiger partial charge in [-0.1, -0.05) is 3.89 Å². The highest BCUT2D eigenvalue weighted by Gasteiger charge is 2.19. The third-order valence-electron chi connectivity index (χ3n) is 2.83. The van der Waals surface area contributed by atoms with Crippen molar-refractivity contribution in [2.24, 2.45) is 0 Å². The van der Waals surface area contributed by atoms with Gasteiger partial charge in [0.15, 0.2) is 9.84 Å². The van der Waals surface area contributed by atoms with Crippen molar-refractivity contribution in [3.63, 3.8) is 0 Å². The summed E-state index contributed by atoms with van der Waals surface area (Å²) < 4.78 is 73.9. The molecular weight excluding hydrogens is 380 g/mol. The molecular formula is C14H11F2NO6S2. The summed E-state index contributed by atoms with van der Waals surface area (Å²) in [7, 11) is -9.13. The maximum Gasteiger partial charge on any atom is 0.488 e. The number of amides is 1.